The lowest BCUT2D eigenvalue weighted by atomic mass is 10.1. The number of anilines is 3. The number of hydrogen-bond donors (Lipinski definition) is 2. The highest BCUT2D eigenvalue weighted by molar-refractivity contribution is 6.00. The summed E-state index contributed by atoms with van der Waals surface area (Å²) in [5.74, 6) is 0. The standard InChI is InChI=1S/C20H25N3O/c1-14-12-15(2)19(16(3)13-14)22-20(24)21-17-6-8-18(9-7-17)23-10-4-5-11-23/h6-9,12-13H,4-5,10-11H2,1-3H3,(H2,21,22,24). The molecule has 4 nitrogen and oxygen atoms in total. The van der Waals surface area contributed by atoms with E-state index in [0.29, 0.717) is 0 Å². The molecular weight excluding hydrogens is 298 g/mol. The first kappa shape index (κ1) is 16.4. The minimum Gasteiger partial charge on any atom is -0.372 e. The SMILES string of the molecule is Cc1cc(C)c(NC(=O)Nc2ccc(N3CCCC3)cc2)c(C)c1. The van der Waals surface area contributed by atoms with Gasteiger partial charge in [-0.25, -0.2) is 4.79 Å². The van der Waals surface area contributed by atoms with Gasteiger partial charge in [0, 0.05) is 30.2 Å². The summed E-state index contributed by atoms with van der Waals surface area (Å²) in [6, 6.07) is 12.0. The molecule has 1 saturated heterocycles. The highest BCUT2D eigenvalue weighted by atomic mass is 16.2. The fraction of sp³-hybridized carbons (Fsp3) is 0.350. The van der Waals surface area contributed by atoms with Gasteiger partial charge in [-0.1, -0.05) is 17.7 Å². The van der Waals surface area contributed by atoms with Gasteiger partial charge < -0.3 is 15.5 Å². The van der Waals surface area contributed by atoms with E-state index < -0.39 is 0 Å². The normalized spacial score (nSPS) is 13.9. The smallest absolute Gasteiger partial charge is 0.323 e. The molecule has 0 radical (unpaired) electrons. The predicted octanol–water partition coefficient (Wildman–Crippen LogP) is 4.86. The van der Waals surface area contributed by atoms with Gasteiger partial charge in [0.05, 0.1) is 0 Å². The maximum atomic E-state index is 12.3. The number of urea groups is 1. The third-order valence-corrected chi connectivity index (χ3v) is 4.51. The fourth-order valence-electron chi connectivity index (χ4n) is 3.38. The molecule has 0 aromatic heterocycles. The van der Waals surface area contributed by atoms with Crippen LogP contribution in [-0.4, -0.2) is 19.1 Å². The van der Waals surface area contributed by atoms with Gasteiger partial charge in [-0.15, -0.1) is 0 Å². The Morgan fingerprint density at radius 2 is 1.50 bits per heavy atom. The molecule has 0 bridgehead atoms. The Hall–Kier alpha value is -2.49. The van der Waals surface area contributed by atoms with E-state index in [9.17, 15) is 4.79 Å². The second-order valence-electron chi connectivity index (χ2n) is 6.59. The largest absolute Gasteiger partial charge is 0.372 e. The zero-order valence-electron chi connectivity index (χ0n) is 14.6. The minimum atomic E-state index is -0.209. The molecule has 0 aliphatic carbocycles. The van der Waals surface area contributed by atoms with Crippen molar-refractivity contribution in [1.29, 1.82) is 0 Å². The summed E-state index contributed by atoms with van der Waals surface area (Å²) in [7, 11) is 0. The maximum absolute atomic E-state index is 12.3. The number of benzene rings is 2. The molecule has 0 unspecified atom stereocenters. The Morgan fingerprint density at radius 1 is 0.917 bits per heavy atom. The van der Waals surface area contributed by atoms with Crippen LogP contribution in [0.2, 0.25) is 0 Å². The van der Waals surface area contributed by atoms with Crippen molar-refractivity contribution in [2.24, 2.45) is 0 Å². The molecule has 2 amide bonds. The van der Waals surface area contributed by atoms with Crippen molar-refractivity contribution in [3.63, 3.8) is 0 Å². The van der Waals surface area contributed by atoms with Crippen LogP contribution in [0.5, 0.6) is 0 Å². The molecule has 4 heteroatoms. The van der Waals surface area contributed by atoms with Crippen LogP contribution in [-0.2, 0) is 0 Å². The Kier molecular flexibility index (Phi) is 4.74. The Labute approximate surface area is 143 Å². The van der Waals surface area contributed by atoms with E-state index >= 15 is 0 Å². The van der Waals surface area contributed by atoms with Gasteiger partial charge in [0.2, 0.25) is 0 Å². The van der Waals surface area contributed by atoms with Crippen LogP contribution in [0.15, 0.2) is 36.4 Å². The third-order valence-electron chi connectivity index (χ3n) is 4.51. The molecule has 3 rings (SSSR count). The number of carbonyl (C=O) groups excluding carboxylic acids is 1. The number of nitrogens with one attached hydrogen (secondary N) is 2. The van der Waals surface area contributed by atoms with Crippen molar-refractivity contribution in [1.82, 2.24) is 0 Å². The van der Waals surface area contributed by atoms with Crippen LogP contribution in [0.4, 0.5) is 21.9 Å². The average molecular weight is 323 g/mol. The predicted molar refractivity (Wildman–Crippen MR) is 101 cm³/mol. The van der Waals surface area contributed by atoms with Crippen molar-refractivity contribution in [2.75, 3.05) is 28.6 Å². The van der Waals surface area contributed by atoms with Crippen LogP contribution in [0, 0.1) is 20.8 Å². The summed E-state index contributed by atoms with van der Waals surface area (Å²) in [4.78, 5) is 14.7. The molecule has 0 spiro atoms. The molecule has 1 heterocycles. The quantitative estimate of drug-likeness (QED) is 0.847. The first-order valence-electron chi connectivity index (χ1n) is 8.54. The monoisotopic (exact) mass is 323 g/mol. The second kappa shape index (κ2) is 6.95. The summed E-state index contributed by atoms with van der Waals surface area (Å²) < 4.78 is 0. The van der Waals surface area contributed by atoms with Gasteiger partial charge in [-0.05, 0) is 69.0 Å². The summed E-state index contributed by atoms with van der Waals surface area (Å²) >= 11 is 0. The lowest BCUT2D eigenvalue weighted by Crippen LogP contribution is -2.21. The van der Waals surface area contributed by atoms with Crippen LogP contribution in [0.25, 0.3) is 0 Å². The fourth-order valence-corrected chi connectivity index (χ4v) is 3.38. The lowest BCUT2D eigenvalue weighted by Gasteiger charge is -2.18. The van der Waals surface area contributed by atoms with Gasteiger partial charge in [0.15, 0.2) is 0 Å². The highest BCUT2D eigenvalue weighted by Crippen LogP contribution is 2.24. The van der Waals surface area contributed by atoms with Gasteiger partial charge in [-0.3, -0.25) is 0 Å². The van der Waals surface area contributed by atoms with E-state index in [-0.39, 0.29) is 6.03 Å². The van der Waals surface area contributed by atoms with Gasteiger partial charge in [0.1, 0.15) is 0 Å². The lowest BCUT2D eigenvalue weighted by molar-refractivity contribution is 0.262. The zero-order valence-corrected chi connectivity index (χ0v) is 14.6. The number of hydrogen-bond acceptors (Lipinski definition) is 2. The van der Waals surface area contributed by atoms with Crippen LogP contribution >= 0.6 is 0 Å². The molecule has 2 N–H and O–H groups in total. The van der Waals surface area contributed by atoms with Crippen molar-refractivity contribution in [3.05, 3.63) is 53.1 Å². The van der Waals surface area contributed by atoms with Gasteiger partial charge >= 0.3 is 6.03 Å². The number of carbonyl (C=O) groups is 1. The van der Waals surface area contributed by atoms with Crippen molar-refractivity contribution in [2.45, 2.75) is 33.6 Å². The van der Waals surface area contributed by atoms with Crippen LogP contribution < -0.4 is 15.5 Å². The minimum absolute atomic E-state index is 0.209. The molecule has 0 saturated carbocycles. The number of amides is 2. The molecule has 24 heavy (non-hydrogen) atoms. The Morgan fingerprint density at radius 3 is 2.08 bits per heavy atom. The maximum Gasteiger partial charge on any atom is 0.323 e. The molecular formula is C20H25N3O. The molecule has 126 valence electrons. The van der Waals surface area contributed by atoms with Crippen LogP contribution in [0.1, 0.15) is 29.5 Å². The number of aryl methyl sites for hydroxylation is 3. The summed E-state index contributed by atoms with van der Waals surface area (Å²) in [6.07, 6.45) is 2.52. The zero-order chi connectivity index (χ0) is 17.1. The Balaban J connectivity index is 1.64. The first-order chi connectivity index (χ1) is 11.5. The average Bonchev–Trinajstić information content (AvgIpc) is 3.06. The molecule has 1 fully saturated rings. The van der Waals surface area contributed by atoms with E-state index in [1.54, 1.807) is 0 Å². The van der Waals surface area contributed by atoms with Gasteiger partial charge in [0.25, 0.3) is 0 Å². The third kappa shape index (κ3) is 3.70. The number of nitrogens with zero attached hydrogens (tertiary/aromatic N) is 1. The van der Waals surface area contributed by atoms with E-state index in [1.165, 1.54) is 24.1 Å². The van der Waals surface area contributed by atoms with Crippen molar-refractivity contribution in [3.8, 4) is 0 Å². The van der Waals surface area contributed by atoms with E-state index in [2.05, 4.69) is 46.7 Å². The summed E-state index contributed by atoms with van der Waals surface area (Å²) in [5.41, 5.74) is 6.26. The molecule has 0 atom stereocenters. The Bertz CT molecular complexity index is 708. The molecule has 1 aliphatic heterocycles. The summed E-state index contributed by atoms with van der Waals surface area (Å²) in [5, 5.41) is 5.87. The second-order valence-corrected chi connectivity index (χ2v) is 6.59. The highest BCUT2D eigenvalue weighted by Gasteiger charge is 2.12. The first-order valence-corrected chi connectivity index (χ1v) is 8.54. The van der Waals surface area contributed by atoms with E-state index in [4.69, 9.17) is 0 Å². The van der Waals surface area contributed by atoms with Crippen LogP contribution in [0.3, 0.4) is 0 Å². The van der Waals surface area contributed by atoms with Crippen molar-refractivity contribution < 1.29 is 4.79 Å². The molecule has 1 aliphatic rings. The van der Waals surface area contributed by atoms with E-state index in [0.717, 1.165) is 35.6 Å². The topological polar surface area (TPSA) is 44.4 Å². The van der Waals surface area contributed by atoms with Crippen molar-refractivity contribution >= 4 is 23.1 Å². The van der Waals surface area contributed by atoms with E-state index in [1.807, 2.05) is 26.0 Å². The number of rotatable bonds is 3. The van der Waals surface area contributed by atoms with Gasteiger partial charge in [-0.2, -0.15) is 0 Å². The molecule has 2 aromatic rings. The molecule has 2 aromatic carbocycles. The summed E-state index contributed by atoms with van der Waals surface area (Å²) in [6.45, 7) is 8.34.